The fraction of sp³-hybridized carbons (Fsp3) is 0.0233. The quantitative estimate of drug-likeness (QED) is 0.203. The van der Waals surface area contributed by atoms with Gasteiger partial charge in [0.25, 0.3) is 0 Å². The van der Waals surface area contributed by atoms with Gasteiger partial charge in [0.15, 0.2) is 0 Å². The monoisotopic (exact) mass is 573 g/mol. The summed E-state index contributed by atoms with van der Waals surface area (Å²) >= 11 is 0. The molecule has 0 aliphatic carbocycles. The molecule has 0 saturated heterocycles. The van der Waals surface area contributed by atoms with Crippen LogP contribution in [0.1, 0.15) is 7.43 Å². The van der Waals surface area contributed by atoms with Crippen LogP contribution in [0.3, 0.4) is 0 Å². The second-order valence-corrected chi connectivity index (χ2v) is 8.96. The molecule has 0 amide bonds. The zero-order valence-electron chi connectivity index (χ0n) is 24.5. The van der Waals surface area contributed by atoms with Crippen molar-refractivity contribution in [1.29, 1.82) is 0 Å². The van der Waals surface area contributed by atoms with Crippen LogP contribution in [0.15, 0.2) is 237 Å². The van der Waals surface area contributed by atoms with E-state index in [-0.39, 0.29) is 7.43 Å². The average molecular weight is 574 g/mol. The Morgan fingerprint density at radius 2 is 0.295 bits per heavy atom. The van der Waals surface area contributed by atoms with Crippen LogP contribution in [-0.4, -0.2) is 0 Å². The molecule has 0 spiro atoms. The summed E-state index contributed by atoms with van der Waals surface area (Å²) in [4.78, 5) is 2.25. The SMILES string of the molecule is C.c1ccc(N(c2ccccc2)c2ccccc2)cc1.c1ccccc1.c1ccccc1.c1ccccc1.c1ccccc1. The Kier molecular flexibility index (Phi) is 18.8. The molecule has 0 atom stereocenters. The summed E-state index contributed by atoms with van der Waals surface area (Å²) in [5.74, 6) is 0. The first kappa shape index (κ1) is 34.5. The highest BCUT2D eigenvalue weighted by molar-refractivity contribution is 5.76. The van der Waals surface area contributed by atoms with Gasteiger partial charge in [-0.25, -0.2) is 0 Å². The van der Waals surface area contributed by atoms with Crippen LogP contribution < -0.4 is 4.90 Å². The van der Waals surface area contributed by atoms with E-state index in [1.807, 2.05) is 164 Å². The Balaban J connectivity index is 0.000000221. The smallest absolute Gasteiger partial charge is 0.0461 e. The molecule has 220 valence electrons. The van der Waals surface area contributed by atoms with E-state index >= 15 is 0 Å². The molecule has 0 aliphatic rings. The zero-order chi connectivity index (χ0) is 29.9. The molecule has 0 saturated carbocycles. The number of para-hydroxylation sites is 3. The second kappa shape index (κ2) is 24.0. The molecule has 0 radical (unpaired) electrons. The van der Waals surface area contributed by atoms with Crippen LogP contribution in [0.25, 0.3) is 0 Å². The van der Waals surface area contributed by atoms with Crippen molar-refractivity contribution in [2.24, 2.45) is 0 Å². The standard InChI is InChI=1S/C18H15N.4C6H6.CH4/c1-4-10-16(11-5-1)19(17-12-6-2-7-13-17)18-14-8-3-9-15-18;4*1-2-4-6-5-3-1;/h1-15H;4*1-6H;1H4. The second-order valence-electron chi connectivity index (χ2n) is 8.96. The third-order valence-corrected chi connectivity index (χ3v) is 5.71. The lowest BCUT2D eigenvalue weighted by molar-refractivity contribution is 1.28. The lowest BCUT2D eigenvalue weighted by Crippen LogP contribution is -2.09. The van der Waals surface area contributed by atoms with Crippen LogP contribution >= 0.6 is 0 Å². The molecular formula is C43H43N. The normalized spacial score (nSPS) is 8.73. The minimum atomic E-state index is 0. The number of hydrogen-bond donors (Lipinski definition) is 0. The number of nitrogens with zero attached hydrogens (tertiary/aromatic N) is 1. The number of benzene rings is 7. The Morgan fingerprint density at radius 3 is 0.432 bits per heavy atom. The predicted molar refractivity (Wildman–Crippen MR) is 194 cm³/mol. The van der Waals surface area contributed by atoms with Gasteiger partial charge < -0.3 is 4.90 Å². The molecule has 7 aromatic carbocycles. The molecule has 7 rings (SSSR count). The summed E-state index contributed by atoms with van der Waals surface area (Å²) in [6.45, 7) is 0. The fourth-order valence-electron chi connectivity index (χ4n) is 3.72. The summed E-state index contributed by atoms with van der Waals surface area (Å²) < 4.78 is 0. The van der Waals surface area contributed by atoms with Gasteiger partial charge in [-0.1, -0.05) is 208 Å². The van der Waals surface area contributed by atoms with Crippen LogP contribution in [0, 0.1) is 0 Å². The molecule has 0 N–H and O–H groups in total. The first-order valence-electron chi connectivity index (χ1n) is 14.4. The lowest BCUT2D eigenvalue weighted by Gasteiger charge is -2.25. The van der Waals surface area contributed by atoms with Crippen molar-refractivity contribution in [3.05, 3.63) is 237 Å². The van der Waals surface area contributed by atoms with Crippen LogP contribution in [0.2, 0.25) is 0 Å². The van der Waals surface area contributed by atoms with Gasteiger partial charge in [-0.05, 0) is 36.4 Å². The van der Waals surface area contributed by atoms with Gasteiger partial charge in [0.2, 0.25) is 0 Å². The molecule has 0 aliphatic heterocycles. The molecule has 0 unspecified atom stereocenters. The highest BCUT2D eigenvalue weighted by Gasteiger charge is 2.10. The van der Waals surface area contributed by atoms with Crippen molar-refractivity contribution in [3.63, 3.8) is 0 Å². The summed E-state index contributed by atoms with van der Waals surface area (Å²) in [6, 6.07) is 79.3. The van der Waals surface area contributed by atoms with E-state index in [1.54, 1.807) is 0 Å². The molecule has 0 bridgehead atoms. The van der Waals surface area contributed by atoms with Gasteiger partial charge in [-0.3, -0.25) is 0 Å². The number of hydrogen-bond acceptors (Lipinski definition) is 1. The van der Waals surface area contributed by atoms with Gasteiger partial charge in [-0.2, -0.15) is 0 Å². The van der Waals surface area contributed by atoms with Crippen molar-refractivity contribution in [1.82, 2.24) is 0 Å². The van der Waals surface area contributed by atoms with E-state index in [2.05, 4.69) is 77.7 Å². The first-order valence-corrected chi connectivity index (χ1v) is 14.4. The van der Waals surface area contributed by atoms with E-state index < -0.39 is 0 Å². The summed E-state index contributed by atoms with van der Waals surface area (Å²) in [7, 11) is 0. The molecule has 44 heavy (non-hydrogen) atoms. The number of rotatable bonds is 3. The predicted octanol–water partition coefficient (Wildman–Crippen LogP) is 12.5. The highest BCUT2D eigenvalue weighted by atomic mass is 15.1. The highest BCUT2D eigenvalue weighted by Crippen LogP contribution is 2.33. The molecule has 0 fully saturated rings. The Hall–Kier alpha value is -5.66. The van der Waals surface area contributed by atoms with Crippen molar-refractivity contribution in [2.75, 3.05) is 4.90 Å². The van der Waals surface area contributed by atoms with E-state index in [0.29, 0.717) is 0 Å². The van der Waals surface area contributed by atoms with E-state index in [9.17, 15) is 0 Å². The minimum absolute atomic E-state index is 0. The van der Waals surface area contributed by atoms with Gasteiger partial charge in [0, 0.05) is 17.1 Å². The molecule has 0 heterocycles. The Morgan fingerprint density at radius 1 is 0.182 bits per heavy atom. The molecule has 1 heteroatoms. The van der Waals surface area contributed by atoms with Gasteiger partial charge >= 0.3 is 0 Å². The van der Waals surface area contributed by atoms with Crippen molar-refractivity contribution in [2.45, 2.75) is 7.43 Å². The van der Waals surface area contributed by atoms with Crippen LogP contribution in [0.5, 0.6) is 0 Å². The summed E-state index contributed by atoms with van der Waals surface area (Å²) in [5.41, 5.74) is 3.50. The third kappa shape index (κ3) is 15.4. The van der Waals surface area contributed by atoms with E-state index in [1.165, 1.54) is 17.1 Å². The van der Waals surface area contributed by atoms with Crippen molar-refractivity contribution >= 4 is 17.1 Å². The lowest BCUT2D eigenvalue weighted by atomic mass is 10.2. The third-order valence-electron chi connectivity index (χ3n) is 5.71. The van der Waals surface area contributed by atoms with Crippen molar-refractivity contribution < 1.29 is 0 Å². The maximum Gasteiger partial charge on any atom is 0.0461 e. The topological polar surface area (TPSA) is 3.24 Å². The largest absolute Gasteiger partial charge is 0.311 e. The van der Waals surface area contributed by atoms with E-state index in [4.69, 9.17) is 0 Å². The Labute approximate surface area is 265 Å². The molecule has 1 nitrogen and oxygen atoms in total. The van der Waals surface area contributed by atoms with Crippen molar-refractivity contribution in [3.8, 4) is 0 Å². The van der Waals surface area contributed by atoms with Gasteiger partial charge in [0.1, 0.15) is 0 Å². The van der Waals surface area contributed by atoms with Crippen LogP contribution in [-0.2, 0) is 0 Å². The summed E-state index contributed by atoms with van der Waals surface area (Å²) in [5, 5.41) is 0. The zero-order valence-corrected chi connectivity index (χ0v) is 24.5. The average Bonchev–Trinajstić information content (AvgIpc) is 3.14. The maximum atomic E-state index is 2.25. The molecule has 7 aromatic rings. The minimum Gasteiger partial charge on any atom is -0.311 e. The maximum absolute atomic E-state index is 2.25. The van der Waals surface area contributed by atoms with Crippen LogP contribution in [0.4, 0.5) is 17.1 Å². The fourth-order valence-corrected chi connectivity index (χ4v) is 3.72. The first-order chi connectivity index (χ1) is 21.4. The summed E-state index contributed by atoms with van der Waals surface area (Å²) in [6.07, 6.45) is 0. The molecule has 0 aromatic heterocycles. The van der Waals surface area contributed by atoms with Gasteiger partial charge in [-0.15, -0.1) is 0 Å². The van der Waals surface area contributed by atoms with Gasteiger partial charge in [0.05, 0.1) is 0 Å². The Bertz CT molecular complexity index is 1180. The van der Waals surface area contributed by atoms with E-state index in [0.717, 1.165) is 0 Å². The molecular weight excluding hydrogens is 530 g/mol. The number of anilines is 3.